The minimum Gasteiger partial charge on any atom is -0.489 e. The second-order valence-corrected chi connectivity index (χ2v) is 10.9. The Labute approximate surface area is 246 Å². The minimum absolute atomic E-state index is 0.0380. The van der Waals surface area contributed by atoms with Crippen molar-refractivity contribution in [2.45, 2.75) is 44.6 Å². The van der Waals surface area contributed by atoms with Crippen LogP contribution >= 0.6 is 11.6 Å². The average molecular weight is 572 g/mol. The van der Waals surface area contributed by atoms with Gasteiger partial charge >= 0.3 is 0 Å². The molecule has 5 nitrogen and oxygen atoms in total. The summed E-state index contributed by atoms with van der Waals surface area (Å²) in [5.41, 5.74) is 3.91. The van der Waals surface area contributed by atoms with E-state index in [9.17, 15) is 9.18 Å². The van der Waals surface area contributed by atoms with Crippen LogP contribution in [0.5, 0.6) is 5.75 Å². The third-order valence-electron chi connectivity index (χ3n) is 7.37. The summed E-state index contributed by atoms with van der Waals surface area (Å²) in [6.07, 6.45) is 1.13. The summed E-state index contributed by atoms with van der Waals surface area (Å²) in [6, 6.07) is 32.5. The van der Waals surface area contributed by atoms with Crippen LogP contribution in [0.2, 0.25) is 5.02 Å². The Bertz CT molecular complexity index is 1430. The van der Waals surface area contributed by atoms with E-state index >= 15 is 0 Å². The molecule has 2 atom stereocenters. The van der Waals surface area contributed by atoms with Gasteiger partial charge in [0.05, 0.1) is 6.04 Å². The van der Waals surface area contributed by atoms with Crippen LogP contribution in [0.25, 0.3) is 0 Å². The van der Waals surface area contributed by atoms with Gasteiger partial charge in [-0.15, -0.1) is 0 Å². The molecule has 41 heavy (non-hydrogen) atoms. The molecule has 0 unspecified atom stereocenters. The van der Waals surface area contributed by atoms with E-state index in [-0.39, 0.29) is 23.8 Å². The molecule has 0 aliphatic carbocycles. The Morgan fingerprint density at radius 2 is 1.66 bits per heavy atom. The van der Waals surface area contributed by atoms with Gasteiger partial charge in [0.25, 0.3) is 0 Å². The maximum atomic E-state index is 14.0. The van der Waals surface area contributed by atoms with E-state index in [0.717, 1.165) is 29.0 Å². The van der Waals surface area contributed by atoms with E-state index in [1.807, 2.05) is 72.8 Å². The van der Waals surface area contributed by atoms with Gasteiger partial charge in [-0.2, -0.15) is 0 Å². The van der Waals surface area contributed by atoms with Crippen molar-refractivity contribution in [1.29, 1.82) is 0 Å². The van der Waals surface area contributed by atoms with Crippen molar-refractivity contribution in [3.63, 3.8) is 0 Å². The number of halogens is 2. The molecule has 7 heteroatoms. The molecule has 1 aliphatic heterocycles. The normalized spacial score (nSPS) is 16.9. The highest BCUT2D eigenvalue weighted by Crippen LogP contribution is 2.23. The molecule has 4 aromatic carbocycles. The highest BCUT2D eigenvalue weighted by molar-refractivity contribution is 6.30. The molecular formula is C34H35ClFN3O2. The summed E-state index contributed by atoms with van der Waals surface area (Å²) < 4.78 is 20.0. The van der Waals surface area contributed by atoms with Gasteiger partial charge in [-0.1, -0.05) is 84.4 Å². The van der Waals surface area contributed by atoms with E-state index in [4.69, 9.17) is 16.3 Å². The molecular weight excluding hydrogens is 537 g/mol. The minimum atomic E-state index is -0.298. The number of nitrogens with zero attached hydrogens (tertiary/aromatic N) is 1. The van der Waals surface area contributed by atoms with Crippen LogP contribution < -0.4 is 15.4 Å². The van der Waals surface area contributed by atoms with Crippen LogP contribution in [0.3, 0.4) is 0 Å². The Kier molecular flexibility index (Phi) is 10.0. The number of rotatable bonds is 12. The molecule has 1 amide bonds. The molecule has 2 N–H and O–H groups in total. The fourth-order valence-electron chi connectivity index (χ4n) is 5.26. The summed E-state index contributed by atoms with van der Waals surface area (Å²) in [6.45, 7) is 2.91. The molecule has 4 aromatic rings. The number of benzene rings is 4. The number of likely N-dealkylation sites (tertiary alicyclic amines) is 1. The van der Waals surface area contributed by atoms with Crippen molar-refractivity contribution in [1.82, 2.24) is 15.5 Å². The fourth-order valence-corrected chi connectivity index (χ4v) is 5.47. The first-order valence-corrected chi connectivity index (χ1v) is 14.4. The average Bonchev–Trinajstić information content (AvgIpc) is 3.39. The first-order valence-electron chi connectivity index (χ1n) is 14.0. The van der Waals surface area contributed by atoms with Gasteiger partial charge in [-0.3, -0.25) is 9.69 Å². The zero-order valence-corrected chi connectivity index (χ0v) is 23.7. The largest absolute Gasteiger partial charge is 0.489 e. The zero-order valence-electron chi connectivity index (χ0n) is 22.9. The van der Waals surface area contributed by atoms with Crippen LogP contribution in [0, 0.1) is 5.82 Å². The van der Waals surface area contributed by atoms with E-state index in [0.29, 0.717) is 49.7 Å². The standard InChI is InChI=1S/C34H35ClFN3O2/c35-29-13-6-11-27(18-29)22-39-23-30(20-33(39)34(40)37-17-16-28-12-4-5-15-32(28)36)38-21-26-10-7-14-31(19-26)41-24-25-8-2-1-3-9-25/h1-15,18-19,30,33,38H,16-17,20-24H2,(H,37,40)/t30-,33-/m0/s1. The third-order valence-corrected chi connectivity index (χ3v) is 7.61. The lowest BCUT2D eigenvalue weighted by molar-refractivity contribution is -0.125. The van der Waals surface area contributed by atoms with Crippen molar-refractivity contribution >= 4 is 17.5 Å². The van der Waals surface area contributed by atoms with Crippen molar-refractivity contribution in [2.24, 2.45) is 0 Å². The number of hydrogen-bond donors (Lipinski definition) is 2. The number of nitrogens with one attached hydrogen (secondary N) is 2. The molecule has 212 valence electrons. The van der Waals surface area contributed by atoms with Gasteiger partial charge in [-0.05, 0) is 65.4 Å². The monoisotopic (exact) mass is 571 g/mol. The van der Waals surface area contributed by atoms with Gasteiger partial charge in [0, 0.05) is 37.2 Å². The smallest absolute Gasteiger partial charge is 0.237 e. The Balaban J connectivity index is 1.19. The predicted molar refractivity (Wildman–Crippen MR) is 161 cm³/mol. The summed E-state index contributed by atoms with van der Waals surface area (Å²) in [5.74, 6) is 0.544. The second kappa shape index (κ2) is 14.3. The Hall–Kier alpha value is -3.71. The summed E-state index contributed by atoms with van der Waals surface area (Å²) in [5, 5.41) is 7.36. The first kappa shape index (κ1) is 28.8. The molecule has 1 aliphatic rings. The topological polar surface area (TPSA) is 53.6 Å². The number of carbonyl (C=O) groups is 1. The molecule has 1 saturated heterocycles. The highest BCUT2D eigenvalue weighted by atomic mass is 35.5. The van der Waals surface area contributed by atoms with Crippen LogP contribution in [0.1, 0.15) is 28.7 Å². The molecule has 0 spiro atoms. The number of hydrogen-bond acceptors (Lipinski definition) is 4. The molecule has 0 radical (unpaired) electrons. The Morgan fingerprint density at radius 3 is 2.49 bits per heavy atom. The summed E-state index contributed by atoms with van der Waals surface area (Å²) in [4.78, 5) is 15.5. The lowest BCUT2D eigenvalue weighted by Gasteiger charge is -2.23. The maximum Gasteiger partial charge on any atom is 0.237 e. The van der Waals surface area contributed by atoms with Gasteiger partial charge in [0.15, 0.2) is 0 Å². The summed E-state index contributed by atoms with van der Waals surface area (Å²) in [7, 11) is 0. The maximum absolute atomic E-state index is 14.0. The van der Waals surface area contributed by atoms with E-state index in [2.05, 4.69) is 27.7 Å². The molecule has 5 rings (SSSR count). The number of carbonyl (C=O) groups excluding carboxylic acids is 1. The molecule has 1 heterocycles. The molecule has 0 saturated carbocycles. The van der Waals surface area contributed by atoms with Crippen LogP contribution in [-0.4, -0.2) is 36.0 Å². The molecule has 0 aromatic heterocycles. The van der Waals surface area contributed by atoms with Gasteiger partial charge in [0.2, 0.25) is 5.91 Å². The van der Waals surface area contributed by atoms with Gasteiger partial charge < -0.3 is 15.4 Å². The van der Waals surface area contributed by atoms with Crippen LogP contribution in [0.4, 0.5) is 4.39 Å². The SMILES string of the molecule is O=C(NCCc1ccccc1F)[C@@H]1C[C@H](NCc2cccc(OCc3ccccc3)c2)CN1Cc1cccc(Cl)c1. The fraction of sp³-hybridized carbons (Fsp3) is 0.265. The molecule has 0 bridgehead atoms. The highest BCUT2D eigenvalue weighted by Gasteiger charge is 2.36. The number of ether oxygens (including phenoxy) is 1. The van der Waals surface area contributed by atoms with Gasteiger partial charge in [-0.25, -0.2) is 4.39 Å². The Morgan fingerprint density at radius 1 is 0.902 bits per heavy atom. The van der Waals surface area contributed by atoms with Crippen molar-refractivity contribution in [3.05, 3.63) is 136 Å². The quantitative estimate of drug-likeness (QED) is 0.214. The number of amides is 1. The van der Waals surface area contributed by atoms with Crippen molar-refractivity contribution < 1.29 is 13.9 Å². The van der Waals surface area contributed by atoms with Crippen LogP contribution in [0.15, 0.2) is 103 Å². The third kappa shape index (κ3) is 8.40. The lowest BCUT2D eigenvalue weighted by Crippen LogP contribution is -2.43. The van der Waals surface area contributed by atoms with Crippen molar-refractivity contribution in [3.8, 4) is 5.75 Å². The van der Waals surface area contributed by atoms with Gasteiger partial charge in [0.1, 0.15) is 18.2 Å². The zero-order chi connectivity index (χ0) is 28.4. The van der Waals surface area contributed by atoms with E-state index in [1.54, 1.807) is 12.1 Å². The predicted octanol–water partition coefficient (Wildman–Crippen LogP) is 6.15. The lowest BCUT2D eigenvalue weighted by atomic mass is 10.1. The van der Waals surface area contributed by atoms with E-state index < -0.39 is 0 Å². The second-order valence-electron chi connectivity index (χ2n) is 10.4. The van der Waals surface area contributed by atoms with Crippen molar-refractivity contribution in [2.75, 3.05) is 13.1 Å². The van der Waals surface area contributed by atoms with E-state index in [1.165, 1.54) is 6.07 Å². The molecule has 1 fully saturated rings. The summed E-state index contributed by atoms with van der Waals surface area (Å²) >= 11 is 6.23. The van der Waals surface area contributed by atoms with Crippen LogP contribution in [-0.2, 0) is 30.9 Å². The first-order chi connectivity index (χ1) is 20.0.